The number of hydrogen-bond acceptors (Lipinski definition) is 13. The highest BCUT2D eigenvalue weighted by atomic mass is 16.3. The standard InChI is InChI=1S/C57H103N11O12/c1-13-16-18-19-20-21-27-42(50(75)64-44(35-37(4)5)51(76)62-40(8)49(74)61-39(7)48(73)59-31-30-46(71)60-38(6)36-58-32-34-69)65-54(79)56(9,10)67-55(80)57(11,12)66-52(77)43(28-22-26-41(70)25-17-14-2)63-53(78)45-29-23-33-68(45)47(72)24-15-3/h37-40,42-45,58,69H,13-36H2,1-12H3,(H,59,73)(H,60,71)(H,61,74)(H,62,76)(H,63,78)(H,64,75)(H,65,79)(H,66,77)(H,67,80)/t38-,39-,40-,42-,43-,44-,45?/m0/s1. The Kier molecular flexibility index (Phi) is 34.4. The first kappa shape index (κ1) is 72.3. The Hall–Kier alpha value is -5.71. The lowest BCUT2D eigenvalue weighted by Crippen LogP contribution is -2.65. The predicted molar refractivity (Wildman–Crippen MR) is 306 cm³/mol. The molecule has 0 radical (unpaired) electrons. The summed E-state index contributed by atoms with van der Waals surface area (Å²) in [6.45, 7) is 21.3. The maximum atomic E-state index is 14.2. The molecule has 1 aliphatic heterocycles. The van der Waals surface area contributed by atoms with Crippen LogP contribution < -0.4 is 53.2 Å². The molecule has 1 aliphatic rings. The second-order valence-electron chi connectivity index (χ2n) is 23.0. The second-order valence-corrected chi connectivity index (χ2v) is 23.0. The Morgan fingerprint density at radius 3 is 1.76 bits per heavy atom. The minimum Gasteiger partial charge on any atom is -0.395 e. The van der Waals surface area contributed by atoms with Crippen molar-refractivity contribution in [1.29, 1.82) is 0 Å². The zero-order valence-corrected chi connectivity index (χ0v) is 50.5. The summed E-state index contributed by atoms with van der Waals surface area (Å²) < 4.78 is 0. The van der Waals surface area contributed by atoms with E-state index in [0.29, 0.717) is 51.7 Å². The molecule has 0 aromatic carbocycles. The fourth-order valence-corrected chi connectivity index (χ4v) is 8.93. The number of carbonyl (C=O) groups is 11. The molecule has 11 N–H and O–H groups in total. The number of ketones is 1. The van der Waals surface area contributed by atoms with E-state index >= 15 is 0 Å². The number of rotatable bonds is 41. The lowest BCUT2D eigenvalue weighted by Gasteiger charge is -2.34. The van der Waals surface area contributed by atoms with Gasteiger partial charge in [-0.3, -0.25) is 52.7 Å². The van der Waals surface area contributed by atoms with Gasteiger partial charge in [-0.25, -0.2) is 0 Å². The number of carbonyl (C=O) groups excluding carboxylic acids is 11. The third kappa shape index (κ3) is 28.1. The topological polar surface area (TPSA) is 332 Å². The summed E-state index contributed by atoms with van der Waals surface area (Å²) in [6, 6.07) is -6.60. The van der Waals surface area contributed by atoms with E-state index in [2.05, 4.69) is 60.1 Å². The molecule has 1 heterocycles. The van der Waals surface area contributed by atoms with Crippen molar-refractivity contribution in [1.82, 2.24) is 58.1 Å². The van der Waals surface area contributed by atoms with Gasteiger partial charge in [0.2, 0.25) is 59.1 Å². The van der Waals surface area contributed by atoms with E-state index in [1.54, 1.807) is 6.92 Å². The van der Waals surface area contributed by atoms with E-state index in [9.17, 15) is 52.7 Å². The van der Waals surface area contributed by atoms with Crippen LogP contribution in [-0.2, 0) is 52.7 Å². The highest BCUT2D eigenvalue weighted by Crippen LogP contribution is 2.21. The van der Waals surface area contributed by atoms with Crippen LogP contribution in [0.25, 0.3) is 0 Å². The fourth-order valence-electron chi connectivity index (χ4n) is 8.93. The first-order valence-electron chi connectivity index (χ1n) is 29.5. The van der Waals surface area contributed by atoms with Gasteiger partial charge in [-0.2, -0.15) is 0 Å². The number of nitrogens with zero attached hydrogens (tertiary/aromatic N) is 1. The molecule has 0 bridgehead atoms. The van der Waals surface area contributed by atoms with Gasteiger partial charge >= 0.3 is 0 Å². The average molecular weight is 1130 g/mol. The summed E-state index contributed by atoms with van der Waals surface area (Å²) >= 11 is 0. The summed E-state index contributed by atoms with van der Waals surface area (Å²) in [4.78, 5) is 149. The minimum absolute atomic E-state index is 0.00822. The quantitative estimate of drug-likeness (QED) is 0.0393. The van der Waals surface area contributed by atoms with Crippen molar-refractivity contribution in [2.45, 2.75) is 258 Å². The van der Waals surface area contributed by atoms with E-state index in [0.717, 1.165) is 44.9 Å². The van der Waals surface area contributed by atoms with Crippen LogP contribution in [0.15, 0.2) is 0 Å². The largest absolute Gasteiger partial charge is 0.395 e. The average Bonchev–Trinajstić information content (AvgIpc) is 3.88. The normalized spacial score (nSPS) is 15.7. The van der Waals surface area contributed by atoms with E-state index in [-0.39, 0.29) is 87.7 Å². The number of nitrogens with one attached hydrogen (secondary N) is 10. The molecule has 0 saturated carbocycles. The Morgan fingerprint density at radius 1 is 0.550 bits per heavy atom. The monoisotopic (exact) mass is 1130 g/mol. The van der Waals surface area contributed by atoms with Gasteiger partial charge in [0.05, 0.1) is 6.61 Å². The van der Waals surface area contributed by atoms with Crippen LogP contribution >= 0.6 is 0 Å². The van der Waals surface area contributed by atoms with Crippen LogP contribution in [0.5, 0.6) is 0 Å². The Bertz CT molecular complexity index is 2020. The van der Waals surface area contributed by atoms with Gasteiger partial charge in [0.15, 0.2) is 0 Å². The smallest absolute Gasteiger partial charge is 0.246 e. The molecule has 0 aliphatic carbocycles. The predicted octanol–water partition coefficient (Wildman–Crippen LogP) is 2.35. The van der Waals surface area contributed by atoms with Crippen molar-refractivity contribution in [3.8, 4) is 0 Å². The molecule has 0 aromatic heterocycles. The molecule has 1 unspecified atom stereocenters. The minimum atomic E-state index is -1.67. The van der Waals surface area contributed by atoms with Crippen molar-refractivity contribution in [3.63, 3.8) is 0 Å². The maximum absolute atomic E-state index is 14.2. The zero-order chi connectivity index (χ0) is 60.6. The number of aliphatic hydroxyl groups is 1. The summed E-state index contributed by atoms with van der Waals surface area (Å²) in [5.74, 6) is -5.77. The van der Waals surface area contributed by atoms with Gasteiger partial charge in [-0.1, -0.05) is 79.6 Å². The number of Topliss-reactive ketones (excluding diaryl/α,β-unsaturated/α-hetero) is 1. The molecular formula is C57H103N11O12. The van der Waals surface area contributed by atoms with Crippen LogP contribution in [-0.4, -0.2) is 161 Å². The van der Waals surface area contributed by atoms with Gasteiger partial charge in [0.1, 0.15) is 53.1 Å². The molecule has 458 valence electrons. The van der Waals surface area contributed by atoms with Crippen LogP contribution in [0.2, 0.25) is 0 Å². The number of unbranched alkanes of at least 4 members (excludes halogenated alkanes) is 6. The summed E-state index contributed by atoms with van der Waals surface area (Å²) in [6.07, 6.45) is 10.1. The highest BCUT2D eigenvalue weighted by Gasteiger charge is 2.41. The van der Waals surface area contributed by atoms with Crippen molar-refractivity contribution < 1.29 is 57.8 Å². The zero-order valence-electron chi connectivity index (χ0n) is 50.5. The van der Waals surface area contributed by atoms with E-state index in [1.807, 2.05) is 27.7 Å². The van der Waals surface area contributed by atoms with E-state index in [1.165, 1.54) is 46.4 Å². The second kappa shape index (κ2) is 38.1. The maximum Gasteiger partial charge on any atom is 0.246 e. The first-order valence-corrected chi connectivity index (χ1v) is 29.5. The van der Waals surface area contributed by atoms with Gasteiger partial charge in [0.25, 0.3) is 0 Å². The van der Waals surface area contributed by atoms with Crippen LogP contribution in [0, 0.1) is 5.92 Å². The summed E-state index contributed by atoms with van der Waals surface area (Å²) in [5, 5.41) is 36.3. The van der Waals surface area contributed by atoms with Crippen molar-refractivity contribution in [3.05, 3.63) is 0 Å². The lowest BCUT2D eigenvalue weighted by atomic mass is 9.96. The number of likely N-dealkylation sites (tertiary alicyclic amines) is 1. The molecule has 0 spiro atoms. The number of aliphatic hydroxyl groups excluding tert-OH is 1. The fraction of sp³-hybridized carbons (Fsp3) is 0.807. The number of hydrogen-bond donors (Lipinski definition) is 11. The summed E-state index contributed by atoms with van der Waals surface area (Å²) in [7, 11) is 0. The van der Waals surface area contributed by atoms with Gasteiger partial charge < -0.3 is 63.2 Å². The molecule has 10 amide bonds. The molecule has 1 saturated heterocycles. The van der Waals surface area contributed by atoms with Gasteiger partial charge in [0, 0.05) is 57.9 Å². The third-order valence-electron chi connectivity index (χ3n) is 13.8. The van der Waals surface area contributed by atoms with Gasteiger partial charge in [-0.05, 0) is 106 Å². The number of amides is 10. The molecular weight excluding hydrogens is 1030 g/mol. The molecule has 23 heteroatoms. The van der Waals surface area contributed by atoms with Gasteiger partial charge in [-0.15, -0.1) is 0 Å². The van der Waals surface area contributed by atoms with Crippen molar-refractivity contribution in [2.75, 3.05) is 32.8 Å². The highest BCUT2D eigenvalue weighted by molar-refractivity contribution is 6.00. The first-order chi connectivity index (χ1) is 37.6. The van der Waals surface area contributed by atoms with Crippen LogP contribution in [0.3, 0.4) is 0 Å². The lowest BCUT2D eigenvalue weighted by molar-refractivity contribution is -0.141. The molecule has 23 nitrogen and oxygen atoms in total. The Balaban J connectivity index is 3.19. The van der Waals surface area contributed by atoms with Crippen LogP contribution in [0.1, 0.15) is 205 Å². The van der Waals surface area contributed by atoms with Crippen LogP contribution in [0.4, 0.5) is 0 Å². The van der Waals surface area contributed by atoms with E-state index < -0.39 is 94.6 Å². The third-order valence-corrected chi connectivity index (χ3v) is 13.8. The molecule has 7 atom stereocenters. The Morgan fingerprint density at radius 2 is 1.12 bits per heavy atom. The molecule has 1 fully saturated rings. The molecule has 80 heavy (non-hydrogen) atoms. The SMILES string of the molecule is CCCCCCCC[C@H](NC(=O)C(C)(C)NC(=O)C(C)(C)NC(=O)[C@H](CCCC(=O)CCCC)NC(=O)C1CCCN1C(=O)CCC)C(=O)N[C@@H](CC(C)C)C(=O)N[C@@H](C)C(=O)N[C@@H](C)C(=O)NCCC(=O)N[C@@H](C)CNCCO. The van der Waals surface area contributed by atoms with E-state index in [4.69, 9.17) is 5.11 Å². The van der Waals surface area contributed by atoms with Crippen molar-refractivity contribution >= 4 is 64.9 Å². The van der Waals surface area contributed by atoms with Crippen molar-refractivity contribution in [2.24, 2.45) is 5.92 Å². The Labute approximate surface area is 476 Å². The molecule has 0 aromatic rings. The summed E-state index contributed by atoms with van der Waals surface area (Å²) in [5.41, 5.74) is -3.32. The molecule has 1 rings (SSSR count).